The number of nitrogens with one attached hydrogen (secondary N) is 2. The Hall–Kier alpha value is -1.33. The average Bonchev–Trinajstić information content (AvgIpc) is 2.95. The molecule has 2 N–H and O–H groups in total. The van der Waals surface area contributed by atoms with Crippen LogP contribution < -0.4 is 10.6 Å². The molecule has 1 aliphatic rings. The smallest absolute Gasteiger partial charge is 0.373 e. The highest BCUT2D eigenvalue weighted by atomic mass is 16.5. The van der Waals surface area contributed by atoms with E-state index in [4.69, 9.17) is 4.42 Å². The Kier molecular flexibility index (Phi) is 3.49. The second-order valence-electron chi connectivity index (χ2n) is 4.60. The number of rotatable bonds is 4. The van der Waals surface area contributed by atoms with Crippen LogP contribution in [0.1, 0.15) is 29.7 Å². The fourth-order valence-electron chi connectivity index (χ4n) is 1.95. The Balaban J connectivity index is 1.91. The number of furan rings is 1. The molecule has 0 aromatic carbocycles. The molecule has 94 valence electrons. The van der Waals surface area contributed by atoms with E-state index in [1.165, 1.54) is 7.11 Å². The molecule has 1 fully saturated rings. The van der Waals surface area contributed by atoms with Crippen LogP contribution in [0.25, 0.3) is 0 Å². The van der Waals surface area contributed by atoms with Crippen LogP contribution in [0, 0.1) is 0 Å². The third-order valence-corrected chi connectivity index (χ3v) is 3.11. The van der Waals surface area contributed by atoms with Gasteiger partial charge in [0.2, 0.25) is 5.76 Å². The minimum absolute atomic E-state index is 0.109. The maximum Gasteiger partial charge on any atom is 0.373 e. The van der Waals surface area contributed by atoms with Crippen molar-refractivity contribution in [3.63, 3.8) is 0 Å². The van der Waals surface area contributed by atoms with Crippen molar-refractivity contribution in [2.24, 2.45) is 0 Å². The molecule has 17 heavy (non-hydrogen) atoms. The van der Waals surface area contributed by atoms with Crippen molar-refractivity contribution in [2.45, 2.75) is 25.4 Å². The van der Waals surface area contributed by atoms with E-state index in [1.807, 2.05) is 0 Å². The summed E-state index contributed by atoms with van der Waals surface area (Å²) in [6.07, 6.45) is 1.09. The van der Waals surface area contributed by atoms with Gasteiger partial charge in [-0.05, 0) is 32.0 Å². The van der Waals surface area contributed by atoms with Crippen LogP contribution >= 0.6 is 0 Å². The van der Waals surface area contributed by atoms with Crippen LogP contribution in [0.5, 0.6) is 0 Å². The summed E-state index contributed by atoms with van der Waals surface area (Å²) >= 11 is 0. The van der Waals surface area contributed by atoms with E-state index in [0.29, 0.717) is 6.54 Å². The second-order valence-corrected chi connectivity index (χ2v) is 4.60. The van der Waals surface area contributed by atoms with E-state index in [2.05, 4.69) is 22.3 Å². The molecule has 5 nitrogen and oxygen atoms in total. The van der Waals surface area contributed by atoms with Gasteiger partial charge in [-0.1, -0.05) is 0 Å². The molecule has 0 amide bonds. The normalized spacial score (nSPS) is 23.9. The summed E-state index contributed by atoms with van der Waals surface area (Å²) in [5, 5.41) is 6.75. The highest BCUT2D eigenvalue weighted by Gasteiger charge is 2.27. The molecule has 1 atom stereocenters. The van der Waals surface area contributed by atoms with E-state index in [1.54, 1.807) is 12.1 Å². The van der Waals surface area contributed by atoms with Crippen molar-refractivity contribution < 1.29 is 13.9 Å². The largest absolute Gasteiger partial charge is 0.463 e. The summed E-state index contributed by atoms with van der Waals surface area (Å²) in [6.45, 7) is 4.79. The van der Waals surface area contributed by atoms with Gasteiger partial charge < -0.3 is 19.8 Å². The highest BCUT2D eigenvalue weighted by molar-refractivity contribution is 5.86. The lowest BCUT2D eigenvalue weighted by Gasteiger charge is -2.23. The third kappa shape index (κ3) is 2.87. The Morgan fingerprint density at radius 1 is 1.65 bits per heavy atom. The lowest BCUT2D eigenvalue weighted by molar-refractivity contribution is 0.0562. The topological polar surface area (TPSA) is 63.5 Å². The lowest BCUT2D eigenvalue weighted by atomic mass is 10.0. The molecule has 0 aliphatic carbocycles. The number of hydrogen-bond acceptors (Lipinski definition) is 5. The highest BCUT2D eigenvalue weighted by Crippen LogP contribution is 2.15. The number of esters is 1. The summed E-state index contributed by atoms with van der Waals surface area (Å²) in [5.74, 6) is 0.558. The number of methoxy groups -OCH3 is 1. The third-order valence-electron chi connectivity index (χ3n) is 3.11. The summed E-state index contributed by atoms with van der Waals surface area (Å²) in [5.41, 5.74) is 0.109. The zero-order valence-corrected chi connectivity index (χ0v) is 10.2. The van der Waals surface area contributed by atoms with Crippen molar-refractivity contribution in [3.05, 3.63) is 23.7 Å². The van der Waals surface area contributed by atoms with Crippen LogP contribution in [0.3, 0.4) is 0 Å². The first kappa shape index (κ1) is 12.1. The average molecular weight is 238 g/mol. The van der Waals surface area contributed by atoms with Gasteiger partial charge >= 0.3 is 5.97 Å². The van der Waals surface area contributed by atoms with E-state index in [0.717, 1.165) is 25.3 Å². The van der Waals surface area contributed by atoms with Crippen LogP contribution in [-0.4, -0.2) is 31.7 Å². The first-order valence-corrected chi connectivity index (χ1v) is 5.76. The standard InChI is InChI=1S/C12H18N2O3/c1-12(5-6-13-8-12)14-7-9-3-4-10(17-9)11(15)16-2/h3-4,13-14H,5-8H2,1-2H3. The molecule has 1 aromatic rings. The van der Waals surface area contributed by atoms with Gasteiger partial charge in [-0.25, -0.2) is 4.79 Å². The van der Waals surface area contributed by atoms with Crippen LogP contribution in [0.4, 0.5) is 0 Å². The molecule has 1 saturated heterocycles. The van der Waals surface area contributed by atoms with Gasteiger partial charge in [-0.3, -0.25) is 0 Å². The van der Waals surface area contributed by atoms with Gasteiger partial charge in [0.25, 0.3) is 0 Å². The number of carbonyl (C=O) groups is 1. The molecule has 2 heterocycles. The van der Waals surface area contributed by atoms with Gasteiger partial charge in [-0.2, -0.15) is 0 Å². The van der Waals surface area contributed by atoms with Gasteiger partial charge in [-0.15, -0.1) is 0 Å². The molecule has 0 bridgehead atoms. The fourth-order valence-corrected chi connectivity index (χ4v) is 1.95. The lowest BCUT2D eigenvalue weighted by Crippen LogP contribution is -2.43. The SMILES string of the molecule is COC(=O)c1ccc(CNC2(C)CCNC2)o1. The van der Waals surface area contributed by atoms with Gasteiger partial charge in [0.15, 0.2) is 0 Å². The Labute approximate surface area is 101 Å². The first-order valence-electron chi connectivity index (χ1n) is 5.76. The number of hydrogen-bond donors (Lipinski definition) is 2. The van der Waals surface area contributed by atoms with Gasteiger partial charge in [0.1, 0.15) is 5.76 Å². The number of ether oxygens (including phenoxy) is 1. The zero-order chi connectivity index (χ0) is 12.3. The first-order chi connectivity index (χ1) is 8.13. The summed E-state index contributed by atoms with van der Waals surface area (Å²) in [6, 6.07) is 3.43. The molecule has 2 rings (SSSR count). The monoisotopic (exact) mass is 238 g/mol. The predicted molar refractivity (Wildman–Crippen MR) is 62.8 cm³/mol. The van der Waals surface area contributed by atoms with E-state index in [9.17, 15) is 4.79 Å². The Bertz CT molecular complexity index is 394. The van der Waals surface area contributed by atoms with E-state index >= 15 is 0 Å². The van der Waals surface area contributed by atoms with Crippen molar-refractivity contribution in [1.29, 1.82) is 0 Å². The minimum atomic E-state index is -0.440. The van der Waals surface area contributed by atoms with Crippen LogP contribution in [0.15, 0.2) is 16.5 Å². The summed E-state index contributed by atoms with van der Waals surface area (Å²) < 4.78 is 9.97. The predicted octanol–water partition coefficient (Wildman–Crippen LogP) is 0.908. The van der Waals surface area contributed by atoms with E-state index < -0.39 is 5.97 Å². The maximum absolute atomic E-state index is 11.2. The zero-order valence-electron chi connectivity index (χ0n) is 10.2. The molecular weight excluding hydrogens is 220 g/mol. The van der Waals surface area contributed by atoms with Crippen molar-refractivity contribution in [2.75, 3.05) is 20.2 Å². The fraction of sp³-hybridized carbons (Fsp3) is 0.583. The molecule has 1 aliphatic heterocycles. The van der Waals surface area contributed by atoms with Crippen molar-refractivity contribution in [3.8, 4) is 0 Å². The van der Waals surface area contributed by atoms with E-state index in [-0.39, 0.29) is 11.3 Å². The minimum Gasteiger partial charge on any atom is -0.463 e. The quantitative estimate of drug-likeness (QED) is 0.763. The summed E-state index contributed by atoms with van der Waals surface area (Å²) in [4.78, 5) is 11.2. The Morgan fingerprint density at radius 3 is 3.12 bits per heavy atom. The van der Waals surface area contributed by atoms with Gasteiger partial charge in [0.05, 0.1) is 13.7 Å². The molecule has 0 saturated carbocycles. The summed E-state index contributed by atoms with van der Waals surface area (Å²) in [7, 11) is 1.34. The molecule has 1 aromatic heterocycles. The van der Waals surface area contributed by atoms with Crippen LogP contribution in [0.2, 0.25) is 0 Å². The molecule has 5 heteroatoms. The molecule has 0 radical (unpaired) electrons. The van der Waals surface area contributed by atoms with Crippen molar-refractivity contribution >= 4 is 5.97 Å². The molecule has 0 spiro atoms. The van der Waals surface area contributed by atoms with Crippen LogP contribution in [-0.2, 0) is 11.3 Å². The molecular formula is C12H18N2O3. The number of carbonyl (C=O) groups excluding carboxylic acids is 1. The van der Waals surface area contributed by atoms with Crippen molar-refractivity contribution in [1.82, 2.24) is 10.6 Å². The maximum atomic E-state index is 11.2. The Morgan fingerprint density at radius 2 is 2.47 bits per heavy atom. The second kappa shape index (κ2) is 4.89. The molecule has 1 unspecified atom stereocenters. The van der Waals surface area contributed by atoms with Gasteiger partial charge in [0, 0.05) is 12.1 Å².